The summed E-state index contributed by atoms with van der Waals surface area (Å²) >= 11 is 5.80. The van der Waals surface area contributed by atoms with E-state index in [1.807, 2.05) is 13.0 Å². The second-order valence-corrected chi connectivity index (χ2v) is 4.81. The number of halogens is 1. The van der Waals surface area contributed by atoms with Crippen LogP contribution in [0.2, 0.25) is 5.02 Å². The minimum absolute atomic E-state index is 0.0551. The number of rotatable bonds is 5. The maximum Gasteiger partial charge on any atom is 0.290 e. The molecule has 7 nitrogen and oxygen atoms in total. The zero-order chi connectivity index (χ0) is 15.4. The van der Waals surface area contributed by atoms with Crippen LogP contribution in [0.1, 0.15) is 31.2 Å². The lowest BCUT2D eigenvalue weighted by atomic mass is 10.1. The van der Waals surface area contributed by atoms with E-state index in [1.54, 1.807) is 6.07 Å². The van der Waals surface area contributed by atoms with Gasteiger partial charge in [0, 0.05) is 6.07 Å². The van der Waals surface area contributed by atoms with Gasteiger partial charge in [0.25, 0.3) is 5.69 Å². The van der Waals surface area contributed by atoms with Gasteiger partial charge in [0.05, 0.1) is 16.3 Å². The van der Waals surface area contributed by atoms with E-state index < -0.39 is 4.92 Å². The average molecular weight is 306 g/mol. The maximum absolute atomic E-state index is 10.9. The van der Waals surface area contributed by atoms with Crippen LogP contribution in [-0.4, -0.2) is 19.9 Å². The Hall–Kier alpha value is -2.46. The van der Waals surface area contributed by atoms with Crippen LogP contribution in [0.25, 0.3) is 5.69 Å². The molecule has 0 radical (unpaired) electrons. The first-order valence-corrected chi connectivity index (χ1v) is 6.75. The van der Waals surface area contributed by atoms with E-state index in [4.69, 9.17) is 16.9 Å². The number of aromatic nitrogens is 3. The van der Waals surface area contributed by atoms with Crippen LogP contribution in [0.15, 0.2) is 18.2 Å². The quantitative estimate of drug-likeness (QED) is 0.624. The van der Waals surface area contributed by atoms with E-state index >= 15 is 0 Å². The number of nitro groups is 1. The van der Waals surface area contributed by atoms with E-state index in [9.17, 15) is 10.1 Å². The lowest BCUT2D eigenvalue weighted by Crippen LogP contribution is -2.04. The molecule has 2 aromatic rings. The topological polar surface area (TPSA) is 97.6 Å². The minimum Gasteiger partial charge on any atom is -0.258 e. The predicted molar refractivity (Wildman–Crippen MR) is 76.4 cm³/mol. The summed E-state index contributed by atoms with van der Waals surface area (Å²) in [5.41, 5.74) is 1.15. The number of hydrogen-bond acceptors (Lipinski definition) is 5. The molecule has 1 aromatic heterocycles. The van der Waals surface area contributed by atoms with Crippen LogP contribution < -0.4 is 0 Å². The molecule has 21 heavy (non-hydrogen) atoms. The summed E-state index contributed by atoms with van der Waals surface area (Å²) in [5.74, 6) is 0. The highest BCUT2D eigenvalue weighted by Crippen LogP contribution is 2.27. The van der Waals surface area contributed by atoms with Gasteiger partial charge in [-0.15, -0.1) is 5.10 Å². The van der Waals surface area contributed by atoms with Gasteiger partial charge in [-0.25, -0.2) is 4.68 Å². The van der Waals surface area contributed by atoms with Gasteiger partial charge in [-0.1, -0.05) is 30.2 Å². The number of hydrogen-bond donors (Lipinski definition) is 0. The highest BCUT2D eigenvalue weighted by Gasteiger charge is 2.18. The predicted octanol–water partition coefficient (Wildman–Crippen LogP) is 3.04. The summed E-state index contributed by atoms with van der Waals surface area (Å²) in [5, 5.41) is 27.8. The van der Waals surface area contributed by atoms with Crippen LogP contribution >= 0.6 is 11.6 Å². The van der Waals surface area contributed by atoms with Crippen molar-refractivity contribution in [2.45, 2.75) is 26.2 Å². The fourth-order valence-corrected chi connectivity index (χ4v) is 2.12. The first-order valence-electron chi connectivity index (χ1n) is 6.37. The molecular formula is C13H12ClN5O2. The Labute approximate surface area is 125 Å². The molecule has 0 atom stereocenters. The van der Waals surface area contributed by atoms with Crippen LogP contribution in [0.4, 0.5) is 5.69 Å². The lowest BCUT2D eigenvalue weighted by molar-refractivity contribution is -0.384. The summed E-state index contributed by atoms with van der Waals surface area (Å²) in [4.78, 5) is 10.4. The first kappa shape index (κ1) is 14.9. The molecule has 8 heteroatoms. The fraction of sp³-hybridized carbons (Fsp3) is 0.308. The van der Waals surface area contributed by atoms with Crippen LogP contribution in [0, 0.1) is 21.4 Å². The van der Waals surface area contributed by atoms with E-state index in [-0.39, 0.29) is 16.4 Å². The third-order valence-electron chi connectivity index (χ3n) is 3.01. The van der Waals surface area contributed by atoms with Gasteiger partial charge in [-0.05, 0) is 25.0 Å². The Morgan fingerprint density at radius 1 is 1.52 bits per heavy atom. The number of nitro benzene ring substituents is 1. The van der Waals surface area contributed by atoms with Crippen LogP contribution in [0.5, 0.6) is 0 Å². The largest absolute Gasteiger partial charge is 0.290 e. The monoisotopic (exact) mass is 305 g/mol. The molecule has 2 rings (SSSR count). The number of nitriles is 1. The molecule has 1 heterocycles. The molecular weight excluding hydrogens is 294 g/mol. The van der Waals surface area contributed by atoms with Gasteiger partial charge < -0.3 is 0 Å². The number of benzene rings is 1. The molecule has 108 valence electrons. The van der Waals surface area contributed by atoms with Crippen molar-refractivity contribution in [2.75, 3.05) is 0 Å². The van der Waals surface area contributed by atoms with Crippen molar-refractivity contribution in [3.05, 3.63) is 44.7 Å². The third-order valence-corrected chi connectivity index (χ3v) is 3.33. The summed E-state index contributed by atoms with van der Waals surface area (Å²) < 4.78 is 1.46. The molecule has 0 fully saturated rings. The normalized spacial score (nSPS) is 10.3. The Bertz CT molecular complexity index is 720. The molecule has 0 unspecified atom stereocenters. The van der Waals surface area contributed by atoms with Gasteiger partial charge >= 0.3 is 0 Å². The standard InChI is InChI=1S/C13H12ClN5O2/c1-2-3-4-12-11(8-15)16-17-18(12)9-5-6-10(14)13(7-9)19(20)21/h5-7H,2-4H2,1H3. The number of unbranched alkanes of at least 4 members (excludes halogenated alkanes) is 1. The van der Waals surface area contributed by atoms with E-state index in [2.05, 4.69) is 10.3 Å². The maximum atomic E-state index is 10.9. The van der Waals surface area contributed by atoms with Crippen molar-refractivity contribution in [1.29, 1.82) is 5.26 Å². The van der Waals surface area contributed by atoms with Crippen molar-refractivity contribution in [2.24, 2.45) is 0 Å². The van der Waals surface area contributed by atoms with Crippen LogP contribution in [0.3, 0.4) is 0 Å². The summed E-state index contributed by atoms with van der Waals surface area (Å²) in [7, 11) is 0. The van der Waals surface area contributed by atoms with Gasteiger partial charge in [0.1, 0.15) is 11.1 Å². The molecule has 0 aliphatic rings. The Morgan fingerprint density at radius 2 is 2.29 bits per heavy atom. The van der Waals surface area contributed by atoms with Crippen LogP contribution in [-0.2, 0) is 6.42 Å². The number of nitrogens with zero attached hydrogens (tertiary/aromatic N) is 5. The van der Waals surface area contributed by atoms with Crippen molar-refractivity contribution >= 4 is 17.3 Å². The fourth-order valence-electron chi connectivity index (χ4n) is 1.94. The molecule has 0 aliphatic heterocycles. The summed E-state index contributed by atoms with van der Waals surface area (Å²) in [6, 6.07) is 6.36. The van der Waals surface area contributed by atoms with Gasteiger partial charge in [0.2, 0.25) is 0 Å². The van der Waals surface area contributed by atoms with Gasteiger partial charge in [-0.3, -0.25) is 10.1 Å². The van der Waals surface area contributed by atoms with Gasteiger partial charge in [0.15, 0.2) is 5.69 Å². The second kappa shape index (κ2) is 6.33. The van der Waals surface area contributed by atoms with E-state index in [0.29, 0.717) is 17.8 Å². The highest BCUT2D eigenvalue weighted by molar-refractivity contribution is 6.32. The van der Waals surface area contributed by atoms with Gasteiger partial charge in [-0.2, -0.15) is 5.26 Å². The smallest absolute Gasteiger partial charge is 0.258 e. The molecule has 0 N–H and O–H groups in total. The van der Waals surface area contributed by atoms with Crippen molar-refractivity contribution in [3.63, 3.8) is 0 Å². The zero-order valence-electron chi connectivity index (χ0n) is 11.3. The Kier molecular flexibility index (Phi) is 4.50. The lowest BCUT2D eigenvalue weighted by Gasteiger charge is -2.06. The highest BCUT2D eigenvalue weighted by atomic mass is 35.5. The molecule has 0 saturated carbocycles. The minimum atomic E-state index is -0.556. The SMILES string of the molecule is CCCCc1c(C#N)nnn1-c1ccc(Cl)c([N+](=O)[O-])c1. The molecule has 1 aromatic carbocycles. The molecule has 0 spiro atoms. The Morgan fingerprint density at radius 3 is 2.90 bits per heavy atom. The third kappa shape index (κ3) is 3.01. The van der Waals surface area contributed by atoms with Crippen molar-refractivity contribution in [3.8, 4) is 11.8 Å². The Balaban J connectivity index is 2.52. The summed E-state index contributed by atoms with van der Waals surface area (Å²) in [6.07, 6.45) is 2.46. The molecule has 0 bridgehead atoms. The molecule has 0 saturated heterocycles. The van der Waals surface area contributed by atoms with Crippen molar-refractivity contribution in [1.82, 2.24) is 15.0 Å². The van der Waals surface area contributed by atoms with E-state index in [1.165, 1.54) is 16.8 Å². The first-order chi connectivity index (χ1) is 10.1. The molecule has 0 aliphatic carbocycles. The zero-order valence-corrected chi connectivity index (χ0v) is 12.0. The van der Waals surface area contributed by atoms with E-state index in [0.717, 1.165) is 12.8 Å². The average Bonchev–Trinajstić information content (AvgIpc) is 2.88. The molecule has 0 amide bonds. The summed E-state index contributed by atoms with van der Waals surface area (Å²) in [6.45, 7) is 2.04. The van der Waals surface area contributed by atoms with Crippen molar-refractivity contribution < 1.29 is 4.92 Å². The second-order valence-electron chi connectivity index (χ2n) is 4.40.